The molecule has 2 rings (SSSR count). The van der Waals surface area contributed by atoms with Gasteiger partial charge in [-0.1, -0.05) is 12.2 Å². The number of thiocarbonyl (C=S) groups is 1. The van der Waals surface area contributed by atoms with Crippen LogP contribution >= 0.6 is 28.1 Å². The third kappa shape index (κ3) is 2.83. The standard InChI is InChI=1S/C11H10BrN3OS/c1-6-4-10(15-14-6)16-9-3-2-7(11(13)17)5-8(9)12/h2-5H,1H3,(H2,13,17)(H,14,15). The Hall–Kier alpha value is -1.40. The van der Waals surface area contributed by atoms with E-state index in [-0.39, 0.29) is 0 Å². The van der Waals surface area contributed by atoms with Gasteiger partial charge in [-0.2, -0.15) is 0 Å². The Morgan fingerprint density at radius 1 is 1.47 bits per heavy atom. The molecule has 0 atom stereocenters. The van der Waals surface area contributed by atoms with Crippen LogP contribution in [0.4, 0.5) is 0 Å². The van der Waals surface area contributed by atoms with Gasteiger partial charge in [0, 0.05) is 17.3 Å². The van der Waals surface area contributed by atoms with E-state index < -0.39 is 0 Å². The molecule has 6 heteroatoms. The van der Waals surface area contributed by atoms with E-state index in [9.17, 15) is 0 Å². The number of aromatic amines is 1. The first-order valence-corrected chi connectivity index (χ1v) is 6.05. The van der Waals surface area contributed by atoms with Crippen LogP contribution in [0.15, 0.2) is 28.7 Å². The molecule has 1 heterocycles. The first kappa shape index (κ1) is 12.1. The number of halogens is 1. The molecular formula is C11H10BrN3OS. The van der Waals surface area contributed by atoms with Gasteiger partial charge in [-0.05, 0) is 41.1 Å². The number of nitrogens with zero attached hydrogens (tertiary/aromatic N) is 1. The SMILES string of the molecule is Cc1cc(Oc2ccc(C(N)=S)cc2Br)n[nH]1. The molecule has 1 aromatic heterocycles. The highest BCUT2D eigenvalue weighted by Crippen LogP contribution is 2.29. The summed E-state index contributed by atoms with van der Waals surface area (Å²) in [6.07, 6.45) is 0. The average molecular weight is 312 g/mol. The number of nitrogens with one attached hydrogen (secondary N) is 1. The largest absolute Gasteiger partial charge is 0.436 e. The van der Waals surface area contributed by atoms with Crippen LogP contribution in [0.1, 0.15) is 11.3 Å². The maximum atomic E-state index is 5.59. The van der Waals surface area contributed by atoms with Gasteiger partial charge in [-0.15, -0.1) is 5.10 Å². The topological polar surface area (TPSA) is 63.9 Å². The zero-order valence-electron chi connectivity index (χ0n) is 9.03. The number of hydrogen-bond donors (Lipinski definition) is 2. The summed E-state index contributed by atoms with van der Waals surface area (Å²) in [6.45, 7) is 1.91. The predicted molar refractivity (Wildman–Crippen MR) is 73.4 cm³/mol. The van der Waals surface area contributed by atoms with Gasteiger partial charge in [0.15, 0.2) is 0 Å². The molecule has 0 unspecified atom stereocenters. The van der Waals surface area contributed by atoms with Crippen molar-refractivity contribution in [3.05, 3.63) is 40.0 Å². The minimum absolute atomic E-state index is 0.355. The van der Waals surface area contributed by atoms with Crippen molar-refractivity contribution in [3.63, 3.8) is 0 Å². The van der Waals surface area contributed by atoms with Gasteiger partial charge in [0.25, 0.3) is 0 Å². The number of aryl methyl sites for hydroxylation is 1. The Kier molecular flexibility index (Phi) is 3.44. The molecule has 0 saturated carbocycles. The number of aromatic nitrogens is 2. The van der Waals surface area contributed by atoms with Crippen molar-refractivity contribution >= 4 is 33.1 Å². The van der Waals surface area contributed by atoms with E-state index in [2.05, 4.69) is 26.1 Å². The molecule has 4 nitrogen and oxygen atoms in total. The molecular weight excluding hydrogens is 302 g/mol. The van der Waals surface area contributed by atoms with Crippen LogP contribution in [0.25, 0.3) is 0 Å². The van der Waals surface area contributed by atoms with Crippen molar-refractivity contribution in [2.75, 3.05) is 0 Å². The number of hydrogen-bond acceptors (Lipinski definition) is 3. The Labute approximate surface area is 112 Å². The second kappa shape index (κ2) is 4.85. The Morgan fingerprint density at radius 2 is 2.24 bits per heavy atom. The Bertz CT molecular complexity index is 568. The van der Waals surface area contributed by atoms with Gasteiger partial charge in [0.2, 0.25) is 5.88 Å². The van der Waals surface area contributed by atoms with Gasteiger partial charge in [0.05, 0.1) is 4.47 Å². The molecule has 2 aromatic rings. The highest BCUT2D eigenvalue weighted by Gasteiger charge is 2.07. The first-order valence-electron chi connectivity index (χ1n) is 4.85. The second-order valence-corrected chi connectivity index (χ2v) is 4.79. The number of H-pyrrole nitrogens is 1. The third-order valence-electron chi connectivity index (χ3n) is 2.11. The van der Waals surface area contributed by atoms with Gasteiger partial charge in [-0.3, -0.25) is 5.10 Å². The normalized spacial score (nSPS) is 10.2. The van der Waals surface area contributed by atoms with Crippen LogP contribution in [-0.2, 0) is 0 Å². The van der Waals surface area contributed by atoms with Crippen LogP contribution in [0.2, 0.25) is 0 Å². The number of benzene rings is 1. The number of ether oxygens (including phenoxy) is 1. The molecule has 0 saturated heterocycles. The summed E-state index contributed by atoms with van der Waals surface area (Å²) in [5.74, 6) is 1.18. The zero-order chi connectivity index (χ0) is 12.4. The molecule has 1 aromatic carbocycles. The summed E-state index contributed by atoms with van der Waals surface area (Å²) in [5, 5.41) is 6.80. The maximum absolute atomic E-state index is 5.59. The highest BCUT2D eigenvalue weighted by atomic mass is 79.9. The molecule has 3 N–H and O–H groups in total. The molecule has 0 amide bonds. The van der Waals surface area contributed by atoms with E-state index in [1.165, 1.54) is 0 Å². The molecule has 17 heavy (non-hydrogen) atoms. The van der Waals surface area contributed by atoms with Crippen molar-refractivity contribution in [1.82, 2.24) is 10.2 Å². The maximum Gasteiger partial charge on any atom is 0.238 e. The van der Waals surface area contributed by atoms with E-state index in [0.717, 1.165) is 15.7 Å². The summed E-state index contributed by atoms with van der Waals surface area (Å²) < 4.78 is 6.37. The summed E-state index contributed by atoms with van der Waals surface area (Å²) in [7, 11) is 0. The van der Waals surface area contributed by atoms with E-state index in [1.807, 2.05) is 25.1 Å². The minimum atomic E-state index is 0.355. The number of rotatable bonds is 3. The van der Waals surface area contributed by atoms with Gasteiger partial charge < -0.3 is 10.5 Å². The monoisotopic (exact) mass is 311 g/mol. The van der Waals surface area contributed by atoms with Crippen molar-refractivity contribution in [3.8, 4) is 11.6 Å². The fourth-order valence-corrected chi connectivity index (χ4v) is 1.88. The average Bonchev–Trinajstić information content (AvgIpc) is 2.67. The van der Waals surface area contributed by atoms with Crippen LogP contribution < -0.4 is 10.5 Å². The van der Waals surface area contributed by atoms with E-state index in [1.54, 1.807) is 6.07 Å². The quantitative estimate of drug-likeness (QED) is 0.855. The van der Waals surface area contributed by atoms with Crippen LogP contribution in [0.3, 0.4) is 0 Å². The fraction of sp³-hybridized carbons (Fsp3) is 0.0909. The van der Waals surface area contributed by atoms with Crippen LogP contribution in [-0.4, -0.2) is 15.2 Å². The summed E-state index contributed by atoms with van der Waals surface area (Å²) >= 11 is 8.30. The molecule has 88 valence electrons. The molecule has 0 aliphatic carbocycles. The first-order chi connectivity index (χ1) is 8.06. The second-order valence-electron chi connectivity index (χ2n) is 3.50. The van der Waals surface area contributed by atoms with E-state index in [0.29, 0.717) is 16.6 Å². The van der Waals surface area contributed by atoms with Crippen LogP contribution in [0, 0.1) is 6.92 Å². The molecule has 0 fully saturated rings. The lowest BCUT2D eigenvalue weighted by Gasteiger charge is -2.06. The van der Waals surface area contributed by atoms with Crippen molar-refractivity contribution in [1.29, 1.82) is 0 Å². The molecule has 0 aliphatic heterocycles. The molecule has 0 aliphatic rings. The van der Waals surface area contributed by atoms with Crippen molar-refractivity contribution in [2.24, 2.45) is 5.73 Å². The Morgan fingerprint density at radius 3 is 2.76 bits per heavy atom. The van der Waals surface area contributed by atoms with Crippen molar-refractivity contribution < 1.29 is 4.74 Å². The third-order valence-corrected chi connectivity index (χ3v) is 2.97. The smallest absolute Gasteiger partial charge is 0.238 e. The van der Waals surface area contributed by atoms with Crippen LogP contribution in [0.5, 0.6) is 11.6 Å². The Balaban J connectivity index is 2.25. The highest BCUT2D eigenvalue weighted by molar-refractivity contribution is 9.10. The summed E-state index contributed by atoms with van der Waals surface area (Å²) in [4.78, 5) is 0.355. The molecule has 0 spiro atoms. The lowest BCUT2D eigenvalue weighted by molar-refractivity contribution is 0.459. The van der Waals surface area contributed by atoms with Gasteiger partial charge in [0.1, 0.15) is 10.7 Å². The molecule has 0 radical (unpaired) electrons. The number of nitrogens with two attached hydrogens (primary N) is 1. The van der Waals surface area contributed by atoms with Gasteiger partial charge >= 0.3 is 0 Å². The minimum Gasteiger partial charge on any atom is -0.436 e. The predicted octanol–water partition coefficient (Wildman–Crippen LogP) is 2.91. The van der Waals surface area contributed by atoms with E-state index >= 15 is 0 Å². The van der Waals surface area contributed by atoms with Crippen molar-refractivity contribution in [2.45, 2.75) is 6.92 Å². The van der Waals surface area contributed by atoms with Gasteiger partial charge in [-0.25, -0.2) is 0 Å². The lowest BCUT2D eigenvalue weighted by atomic mass is 10.2. The molecule has 0 bridgehead atoms. The summed E-state index contributed by atoms with van der Waals surface area (Å²) in [5.41, 5.74) is 7.27. The summed E-state index contributed by atoms with van der Waals surface area (Å²) in [6, 6.07) is 7.23. The fourth-order valence-electron chi connectivity index (χ4n) is 1.29. The lowest BCUT2D eigenvalue weighted by Crippen LogP contribution is -2.09. The zero-order valence-corrected chi connectivity index (χ0v) is 11.4. The van der Waals surface area contributed by atoms with E-state index in [4.69, 9.17) is 22.7 Å².